The van der Waals surface area contributed by atoms with Crippen LogP contribution in [0.25, 0.3) is 11.3 Å². The summed E-state index contributed by atoms with van der Waals surface area (Å²) in [4.78, 5) is 5.50. The Hall–Kier alpha value is -1.55. The predicted molar refractivity (Wildman–Crippen MR) is 72.6 cm³/mol. The van der Waals surface area contributed by atoms with Crippen molar-refractivity contribution in [3.63, 3.8) is 0 Å². The molecule has 4 heteroatoms. The van der Waals surface area contributed by atoms with Gasteiger partial charge in [0.2, 0.25) is 0 Å². The van der Waals surface area contributed by atoms with E-state index in [2.05, 4.69) is 24.0 Å². The van der Waals surface area contributed by atoms with E-state index in [0.29, 0.717) is 5.13 Å². The minimum Gasteiger partial charge on any atom is -0.496 e. The fourth-order valence-corrected chi connectivity index (χ4v) is 2.53. The second-order valence-corrected chi connectivity index (χ2v) is 5.08. The lowest BCUT2D eigenvalue weighted by Crippen LogP contribution is -1.92. The van der Waals surface area contributed by atoms with Gasteiger partial charge in [0.1, 0.15) is 5.75 Å². The van der Waals surface area contributed by atoms with Gasteiger partial charge >= 0.3 is 0 Å². The van der Waals surface area contributed by atoms with Gasteiger partial charge in [0, 0.05) is 10.4 Å². The van der Waals surface area contributed by atoms with Gasteiger partial charge < -0.3 is 10.5 Å². The first-order valence-electron chi connectivity index (χ1n) is 5.56. The summed E-state index contributed by atoms with van der Waals surface area (Å²) in [6.45, 7) is 4.16. The second-order valence-electron chi connectivity index (χ2n) is 3.85. The Kier molecular flexibility index (Phi) is 3.33. The number of nitrogens with two attached hydrogens (primary N) is 1. The molecule has 0 aliphatic heterocycles. The Labute approximate surface area is 105 Å². The smallest absolute Gasteiger partial charge is 0.180 e. The van der Waals surface area contributed by atoms with Crippen LogP contribution in [-0.2, 0) is 6.42 Å². The highest BCUT2D eigenvalue weighted by atomic mass is 32.1. The Morgan fingerprint density at radius 2 is 2.18 bits per heavy atom. The molecule has 2 rings (SSSR count). The molecule has 0 fully saturated rings. The maximum Gasteiger partial charge on any atom is 0.180 e. The van der Waals surface area contributed by atoms with E-state index in [-0.39, 0.29) is 0 Å². The zero-order valence-corrected chi connectivity index (χ0v) is 11.1. The molecule has 2 N–H and O–H groups in total. The number of hydrogen-bond acceptors (Lipinski definition) is 4. The zero-order valence-electron chi connectivity index (χ0n) is 10.3. The van der Waals surface area contributed by atoms with Crippen LogP contribution in [0.2, 0.25) is 0 Å². The van der Waals surface area contributed by atoms with E-state index in [9.17, 15) is 0 Å². The molecule has 17 heavy (non-hydrogen) atoms. The van der Waals surface area contributed by atoms with Gasteiger partial charge in [-0.2, -0.15) is 0 Å². The summed E-state index contributed by atoms with van der Waals surface area (Å²) in [5.74, 6) is 0.843. The lowest BCUT2D eigenvalue weighted by Gasteiger charge is -2.09. The first-order chi connectivity index (χ1) is 8.15. The Morgan fingerprint density at radius 1 is 1.41 bits per heavy atom. The van der Waals surface area contributed by atoms with Gasteiger partial charge in [-0.25, -0.2) is 4.98 Å². The summed E-state index contributed by atoms with van der Waals surface area (Å²) in [6.07, 6.45) is 0.996. The summed E-state index contributed by atoms with van der Waals surface area (Å²) in [6, 6.07) is 6.19. The topological polar surface area (TPSA) is 48.1 Å². The van der Waals surface area contributed by atoms with Crippen LogP contribution < -0.4 is 10.5 Å². The average Bonchev–Trinajstić information content (AvgIpc) is 2.67. The second kappa shape index (κ2) is 4.75. The normalized spacial score (nSPS) is 10.5. The van der Waals surface area contributed by atoms with Crippen molar-refractivity contribution in [3.8, 4) is 17.0 Å². The number of methoxy groups -OCH3 is 1. The number of benzene rings is 1. The van der Waals surface area contributed by atoms with Crippen molar-refractivity contribution >= 4 is 16.5 Å². The molecule has 1 heterocycles. The SMILES string of the molecule is CCc1ccc(OC)c(-c2nc(N)sc2C)c1. The number of anilines is 1. The minimum absolute atomic E-state index is 0.599. The van der Waals surface area contributed by atoms with Crippen molar-refractivity contribution in [3.05, 3.63) is 28.6 Å². The number of ether oxygens (including phenoxy) is 1. The van der Waals surface area contributed by atoms with E-state index in [1.807, 2.05) is 13.0 Å². The molecular formula is C13H16N2OS. The van der Waals surface area contributed by atoms with Gasteiger partial charge in [-0.05, 0) is 31.0 Å². The maximum absolute atomic E-state index is 5.75. The molecule has 0 atom stereocenters. The van der Waals surface area contributed by atoms with Gasteiger partial charge in [-0.1, -0.05) is 13.0 Å². The number of hydrogen-bond donors (Lipinski definition) is 1. The molecule has 0 saturated carbocycles. The van der Waals surface area contributed by atoms with Gasteiger partial charge in [0.05, 0.1) is 12.8 Å². The van der Waals surface area contributed by atoms with Crippen LogP contribution >= 0.6 is 11.3 Å². The van der Waals surface area contributed by atoms with Gasteiger partial charge in [-0.3, -0.25) is 0 Å². The van der Waals surface area contributed by atoms with Crippen LogP contribution in [0.3, 0.4) is 0 Å². The van der Waals surface area contributed by atoms with E-state index in [4.69, 9.17) is 10.5 Å². The average molecular weight is 248 g/mol. The van der Waals surface area contributed by atoms with Gasteiger partial charge in [0.15, 0.2) is 5.13 Å². The molecule has 0 saturated heterocycles. The number of rotatable bonds is 3. The van der Waals surface area contributed by atoms with Crippen molar-refractivity contribution in [2.45, 2.75) is 20.3 Å². The fourth-order valence-electron chi connectivity index (χ4n) is 1.83. The summed E-state index contributed by atoms with van der Waals surface area (Å²) in [5.41, 5.74) is 8.97. The molecule has 0 spiro atoms. The highest BCUT2D eigenvalue weighted by Gasteiger charge is 2.13. The summed E-state index contributed by atoms with van der Waals surface area (Å²) in [7, 11) is 1.68. The lowest BCUT2D eigenvalue weighted by atomic mass is 10.0. The van der Waals surface area contributed by atoms with Crippen LogP contribution in [0.5, 0.6) is 5.75 Å². The van der Waals surface area contributed by atoms with Crippen LogP contribution in [0.15, 0.2) is 18.2 Å². The van der Waals surface area contributed by atoms with Crippen LogP contribution in [0.1, 0.15) is 17.4 Å². The molecule has 0 unspecified atom stereocenters. The molecule has 0 amide bonds. The van der Waals surface area contributed by atoms with Crippen molar-refractivity contribution < 1.29 is 4.74 Å². The van der Waals surface area contributed by atoms with E-state index in [0.717, 1.165) is 28.3 Å². The van der Waals surface area contributed by atoms with Gasteiger partial charge in [0.25, 0.3) is 0 Å². The predicted octanol–water partition coefficient (Wildman–Crippen LogP) is 3.27. The number of nitrogen functional groups attached to an aromatic ring is 1. The molecule has 0 radical (unpaired) electrons. The van der Waals surface area contributed by atoms with E-state index in [1.54, 1.807) is 7.11 Å². The van der Waals surface area contributed by atoms with Crippen molar-refractivity contribution in [1.29, 1.82) is 0 Å². The number of aryl methyl sites for hydroxylation is 2. The largest absolute Gasteiger partial charge is 0.496 e. The first kappa shape index (κ1) is 11.9. The van der Waals surface area contributed by atoms with Crippen molar-refractivity contribution in [2.24, 2.45) is 0 Å². The number of thiazole rings is 1. The molecule has 90 valence electrons. The summed E-state index contributed by atoms with van der Waals surface area (Å²) < 4.78 is 5.39. The fraction of sp³-hybridized carbons (Fsp3) is 0.308. The summed E-state index contributed by atoms with van der Waals surface area (Å²) >= 11 is 1.51. The Balaban J connectivity index is 2.59. The van der Waals surface area contributed by atoms with Gasteiger partial charge in [-0.15, -0.1) is 11.3 Å². The zero-order chi connectivity index (χ0) is 12.4. The molecule has 0 aliphatic carbocycles. The van der Waals surface area contributed by atoms with Crippen molar-refractivity contribution in [1.82, 2.24) is 4.98 Å². The summed E-state index contributed by atoms with van der Waals surface area (Å²) in [5, 5.41) is 0.599. The third-order valence-electron chi connectivity index (χ3n) is 2.74. The Morgan fingerprint density at radius 3 is 2.71 bits per heavy atom. The number of nitrogens with zero attached hydrogens (tertiary/aromatic N) is 1. The van der Waals surface area contributed by atoms with Crippen LogP contribution in [0.4, 0.5) is 5.13 Å². The maximum atomic E-state index is 5.75. The van der Waals surface area contributed by atoms with Crippen LogP contribution in [0, 0.1) is 6.92 Å². The van der Waals surface area contributed by atoms with Crippen LogP contribution in [-0.4, -0.2) is 12.1 Å². The molecular weight excluding hydrogens is 232 g/mol. The van der Waals surface area contributed by atoms with E-state index >= 15 is 0 Å². The lowest BCUT2D eigenvalue weighted by molar-refractivity contribution is 0.416. The highest BCUT2D eigenvalue weighted by molar-refractivity contribution is 7.15. The standard InChI is InChI=1S/C13H16N2OS/c1-4-9-5-6-11(16-3)10(7-9)12-8(2)17-13(14)15-12/h5-7H,4H2,1-3H3,(H2,14,15). The quantitative estimate of drug-likeness (QED) is 0.906. The molecule has 3 nitrogen and oxygen atoms in total. The first-order valence-corrected chi connectivity index (χ1v) is 6.37. The van der Waals surface area contributed by atoms with E-state index < -0.39 is 0 Å². The minimum atomic E-state index is 0.599. The Bertz CT molecular complexity index is 534. The third kappa shape index (κ3) is 2.26. The molecule has 0 bridgehead atoms. The molecule has 0 aliphatic rings. The highest BCUT2D eigenvalue weighted by Crippen LogP contribution is 2.35. The van der Waals surface area contributed by atoms with E-state index in [1.165, 1.54) is 16.9 Å². The molecule has 1 aromatic carbocycles. The monoisotopic (exact) mass is 248 g/mol. The molecule has 2 aromatic rings. The van der Waals surface area contributed by atoms with Crippen molar-refractivity contribution in [2.75, 3.05) is 12.8 Å². The third-order valence-corrected chi connectivity index (χ3v) is 3.54. The number of aromatic nitrogens is 1. The molecule has 1 aromatic heterocycles.